The Kier molecular flexibility index (Phi) is 3.98. The molecule has 5 heteroatoms. The molecule has 0 spiro atoms. The fraction of sp³-hybridized carbons (Fsp3) is 0.533. The Hall–Kier alpha value is -1.07. The van der Waals surface area contributed by atoms with Gasteiger partial charge in [0.2, 0.25) is 5.91 Å². The maximum absolute atomic E-state index is 13.4. The molecule has 1 aromatic carbocycles. The van der Waals surface area contributed by atoms with Crippen LogP contribution in [0.2, 0.25) is 0 Å². The van der Waals surface area contributed by atoms with Gasteiger partial charge in [-0.05, 0) is 48.9 Å². The van der Waals surface area contributed by atoms with Crippen LogP contribution in [0.25, 0.3) is 0 Å². The summed E-state index contributed by atoms with van der Waals surface area (Å²) < 4.78 is 13.4. The Morgan fingerprint density at radius 2 is 2.25 bits per heavy atom. The predicted octanol–water partition coefficient (Wildman–Crippen LogP) is 2.61. The van der Waals surface area contributed by atoms with E-state index < -0.39 is 0 Å². The Morgan fingerprint density at radius 3 is 3.00 bits per heavy atom. The number of nitrogens with one attached hydrogen (secondary N) is 1. The molecule has 1 aromatic rings. The highest BCUT2D eigenvalue weighted by molar-refractivity contribution is 7.99. The molecule has 1 saturated carbocycles. The lowest BCUT2D eigenvalue weighted by Gasteiger charge is -2.26. The van der Waals surface area contributed by atoms with Crippen molar-refractivity contribution < 1.29 is 9.18 Å². The molecule has 2 aliphatic rings. The predicted molar refractivity (Wildman–Crippen MR) is 77.9 cm³/mol. The quantitative estimate of drug-likeness (QED) is 0.897. The summed E-state index contributed by atoms with van der Waals surface area (Å²) in [7, 11) is 0. The molecule has 1 aliphatic heterocycles. The number of nitrogens with two attached hydrogens (primary N) is 1. The van der Waals surface area contributed by atoms with Crippen molar-refractivity contribution in [3.05, 3.63) is 29.6 Å². The van der Waals surface area contributed by atoms with E-state index in [1.54, 1.807) is 17.8 Å². The second kappa shape index (κ2) is 5.74. The van der Waals surface area contributed by atoms with E-state index >= 15 is 0 Å². The number of thioether (sulfide) groups is 1. The minimum Gasteiger partial charge on any atom is -0.349 e. The second-order valence-corrected chi connectivity index (χ2v) is 6.78. The number of rotatable bonds is 4. The molecule has 3 N–H and O–H groups in total. The maximum atomic E-state index is 13.4. The molecule has 1 heterocycles. The number of hydrogen-bond acceptors (Lipinski definition) is 3. The third kappa shape index (κ3) is 3.15. The molecule has 2 atom stereocenters. The van der Waals surface area contributed by atoms with Crippen LogP contribution in [0.15, 0.2) is 23.1 Å². The number of benzene rings is 1. The minimum absolute atomic E-state index is 0.0171. The molecule has 3 rings (SSSR count). The highest BCUT2D eigenvalue weighted by Gasteiger charge is 2.31. The van der Waals surface area contributed by atoms with Crippen molar-refractivity contribution in [1.82, 2.24) is 5.32 Å². The molecule has 0 radical (unpaired) electrons. The van der Waals surface area contributed by atoms with Gasteiger partial charge in [-0.1, -0.05) is 0 Å². The zero-order valence-corrected chi connectivity index (χ0v) is 12.1. The van der Waals surface area contributed by atoms with E-state index in [1.807, 2.05) is 0 Å². The summed E-state index contributed by atoms with van der Waals surface area (Å²) in [6, 6.07) is 4.69. The molecule has 1 fully saturated rings. The molecule has 1 aliphatic carbocycles. The van der Waals surface area contributed by atoms with Crippen molar-refractivity contribution in [2.24, 2.45) is 11.7 Å². The molecule has 0 saturated heterocycles. The molecule has 108 valence electrons. The van der Waals surface area contributed by atoms with Crippen LogP contribution in [0.3, 0.4) is 0 Å². The van der Waals surface area contributed by atoms with E-state index in [9.17, 15) is 9.18 Å². The van der Waals surface area contributed by atoms with Gasteiger partial charge in [0.15, 0.2) is 0 Å². The average Bonchev–Trinajstić information content (AvgIpc) is 3.23. The van der Waals surface area contributed by atoms with Gasteiger partial charge in [0.05, 0.1) is 6.04 Å². The van der Waals surface area contributed by atoms with Gasteiger partial charge in [0.25, 0.3) is 0 Å². The summed E-state index contributed by atoms with van der Waals surface area (Å²) in [6.07, 6.45) is 3.50. The number of carbonyl (C=O) groups excluding carboxylic acids is 1. The number of halogens is 1. The highest BCUT2D eigenvalue weighted by Crippen LogP contribution is 2.37. The first kappa shape index (κ1) is 13.9. The first-order chi connectivity index (χ1) is 9.63. The van der Waals surface area contributed by atoms with Crippen molar-refractivity contribution in [3.8, 4) is 0 Å². The second-order valence-electron chi connectivity index (χ2n) is 5.64. The van der Waals surface area contributed by atoms with Crippen LogP contribution in [-0.2, 0) is 4.79 Å². The van der Waals surface area contributed by atoms with Crippen LogP contribution in [0.4, 0.5) is 4.39 Å². The number of fused-ring (bicyclic) bond motifs is 1. The van der Waals surface area contributed by atoms with Gasteiger partial charge in [-0.15, -0.1) is 11.8 Å². The fourth-order valence-electron chi connectivity index (χ4n) is 2.67. The van der Waals surface area contributed by atoms with E-state index in [-0.39, 0.29) is 23.8 Å². The standard InChI is InChI=1S/C15H19FN2OS/c16-10-3-4-14-11(7-10)13(5-6-20-14)18-15(19)8-12(17)9-1-2-9/h3-4,7,9,12-13H,1-2,5-6,8,17H2,(H,18,19). The van der Waals surface area contributed by atoms with Gasteiger partial charge >= 0.3 is 0 Å². The summed E-state index contributed by atoms with van der Waals surface area (Å²) >= 11 is 1.71. The van der Waals surface area contributed by atoms with Crippen molar-refractivity contribution in [2.45, 2.75) is 42.7 Å². The summed E-state index contributed by atoms with van der Waals surface area (Å²) in [6.45, 7) is 0. The van der Waals surface area contributed by atoms with Gasteiger partial charge in [-0.3, -0.25) is 4.79 Å². The number of amides is 1. The van der Waals surface area contributed by atoms with Crippen LogP contribution >= 0.6 is 11.8 Å². The Morgan fingerprint density at radius 1 is 1.45 bits per heavy atom. The molecule has 0 aromatic heterocycles. The van der Waals surface area contributed by atoms with Crippen molar-refractivity contribution in [1.29, 1.82) is 0 Å². The molecule has 2 unspecified atom stereocenters. The fourth-order valence-corrected chi connectivity index (χ4v) is 3.78. The Bertz CT molecular complexity index is 519. The number of carbonyl (C=O) groups is 1. The average molecular weight is 294 g/mol. The lowest BCUT2D eigenvalue weighted by molar-refractivity contribution is -0.122. The van der Waals surface area contributed by atoms with Crippen LogP contribution in [0, 0.1) is 11.7 Å². The first-order valence-electron chi connectivity index (χ1n) is 7.10. The summed E-state index contributed by atoms with van der Waals surface area (Å²) in [5.74, 6) is 1.20. The van der Waals surface area contributed by atoms with E-state index in [2.05, 4.69) is 5.32 Å². The molecule has 0 bridgehead atoms. The maximum Gasteiger partial charge on any atom is 0.222 e. The van der Waals surface area contributed by atoms with Gasteiger partial charge in [-0.2, -0.15) is 0 Å². The molecule has 1 amide bonds. The van der Waals surface area contributed by atoms with Crippen LogP contribution in [0.5, 0.6) is 0 Å². The van der Waals surface area contributed by atoms with Crippen molar-refractivity contribution in [2.75, 3.05) is 5.75 Å². The molecule has 3 nitrogen and oxygen atoms in total. The van der Waals surface area contributed by atoms with E-state index in [4.69, 9.17) is 5.73 Å². The summed E-state index contributed by atoms with van der Waals surface area (Å²) in [5, 5.41) is 3.02. The largest absolute Gasteiger partial charge is 0.349 e. The van der Waals surface area contributed by atoms with E-state index in [0.717, 1.165) is 35.5 Å². The van der Waals surface area contributed by atoms with E-state index in [1.165, 1.54) is 12.1 Å². The smallest absolute Gasteiger partial charge is 0.222 e. The van der Waals surface area contributed by atoms with Crippen molar-refractivity contribution >= 4 is 17.7 Å². The van der Waals surface area contributed by atoms with Gasteiger partial charge in [0, 0.05) is 23.1 Å². The zero-order valence-electron chi connectivity index (χ0n) is 11.3. The molecular weight excluding hydrogens is 275 g/mol. The number of hydrogen-bond donors (Lipinski definition) is 2. The normalized spacial score (nSPS) is 23.0. The Labute approximate surface area is 122 Å². The first-order valence-corrected chi connectivity index (χ1v) is 8.09. The van der Waals surface area contributed by atoms with E-state index in [0.29, 0.717) is 12.3 Å². The third-order valence-electron chi connectivity index (χ3n) is 4.00. The molecule has 20 heavy (non-hydrogen) atoms. The highest BCUT2D eigenvalue weighted by atomic mass is 32.2. The minimum atomic E-state index is -0.250. The summed E-state index contributed by atoms with van der Waals surface area (Å²) in [5.41, 5.74) is 6.88. The van der Waals surface area contributed by atoms with Crippen LogP contribution in [0.1, 0.15) is 37.3 Å². The van der Waals surface area contributed by atoms with Gasteiger partial charge in [-0.25, -0.2) is 4.39 Å². The van der Waals surface area contributed by atoms with Crippen LogP contribution in [-0.4, -0.2) is 17.7 Å². The monoisotopic (exact) mass is 294 g/mol. The SMILES string of the molecule is NC(CC(=O)NC1CCSc2ccc(F)cc21)C1CC1. The third-order valence-corrected chi connectivity index (χ3v) is 5.12. The summed E-state index contributed by atoms with van der Waals surface area (Å²) in [4.78, 5) is 13.1. The van der Waals surface area contributed by atoms with Gasteiger partial charge in [0.1, 0.15) is 5.82 Å². The topological polar surface area (TPSA) is 55.1 Å². The van der Waals surface area contributed by atoms with Crippen molar-refractivity contribution in [3.63, 3.8) is 0 Å². The molecular formula is C15H19FN2OS. The lowest BCUT2D eigenvalue weighted by Crippen LogP contribution is -2.36. The van der Waals surface area contributed by atoms with Gasteiger partial charge < -0.3 is 11.1 Å². The lowest BCUT2D eigenvalue weighted by atomic mass is 10.0. The Balaban J connectivity index is 1.66. The zero-order chi connectivity index (χ0) is 14.1. The van der Waals surface area contributed by atoms with Crippen LogP contribution < -0.4 is 11.1 Å².